The minimum atomic E-state index is -1.01. The Morgan fingerprint density at radius 1 is 1.31 bits per heavy atom. The molecule has 7 heteroatoms. The first-order valence-corrected chi connectivity index (χ1v) is 8.63. The van der Waals surface area contributed by atoms with Crippen molar-refractivity contribution in [3.63, 3.8) is 0 Å². The summed E-state index contributed by atoms with van der Waals surface area (Å²) in [5.74, 6) is -0.960. The molecular formula is C19H23N3O4. The number of likely N-dealkylation sites (tertiary alicyclic amines) is 1. The number of carbonyl (C=O) groups is 2. The first-order chi connectivity index (χ1) is 12.5. The predicted octanol–water partition coefficient (Wildman–Crippen LogP) is 1.75. The number of hydrogen-bond donors (Lipinski definition) is 1. The zero-order valence-electron chi connectivity index (χ0n) is 14.8. The summed E-state index contributed by atoms with van der Waals surface area (Å²) in [5.41, 5.74) is 0.811. The number of piperidine rings is 1. The van der Waals surface area contributed by atoms with Gasteiger partial charge in [0, 0.05) is 32.6 Å². The second-order valence-corrected chi connectivity index (χ2v) is 6.73. The van der Waals surface area contributed by atoms with Crippen LogP contribution in [0.15, 0.2) is 42.7 Å². The Labute approximate surface area is 152 Å². The van der Waals surface area contributed by atoms with Gasteiger partial charge in [-0.3, -0.25) is 9.59 Å². The Morgan fingerprint density at radius 2 is 2.08 bits per heavy atom. The molecular weight excluding hydrogens is 334 g/mol. The van der Waals surface area contributed by atoms with Gasteiger partial charge in [0.05, 0.1) is 18.7 Å². The largest absolute Gasteiger partial charge is 0.481 e. The molecule has 1 N–H and O–H groups in total. The van der Waals surface area contributed by atoms with Crippen LogP contribution in [0.5, 0.6) is 0 Å². The molecule has 0 saturated carbocycles. The van der Waals surface area contributed by atoms with Crippen LogP contribution in [-0.4, -0.2) is 58.5 Å². The minimum absolute atomic E-state index is 0.0572. The number of ether oxygens (including phenoxy) is 1. The van der Waals surface area contributed by atoms with Crippen LogP contribution in [0.2, 0.25) is 0 Å². The number of carboxylic acid groups (broad SMARTS) is 1. The normalized spacial score (nSPS) is 20.1. The van der Waals surface area contributed by atoms with Crippen molar-refractivity contribution < 1.29 is 19.4 Å². The van der Waals surface area contributed by atoms with Gasteiger partial charge in [-0.15, -0.1) is 0 Å². The SMILES string of the molecule is COCC1(C(=O)O)CCCN(C(=O)Cc2ccc(-n3cccn3)cc2)C1. The van der Waals surface area contributed by atoms with E-state index in [9.17, 15) is 14.7 Å². The van der Waals surface area contributed by atoms with Crippen LogP contribution in [-0.2, 0) is 20.7 Å². The molecule has 1 saturated heterocycles. The lowest BCUT2D eigenvalue weighted by molar-refractivity contribution is -0.159. The third-order valence-electron chi connectivity index (χ3n) is 4.86. The molecule has 2 heterocycles. The molecule has 7 nitrogen and oxygen atoms in total. The van der Waals surface area contributed by atoms with Crippen LogP contribution < -0.4 is 0 Å². The number of carboxylic acids is 1. The van der Waals surface area contributed by atoms with Crippen LogP contribution in [0.4, 0.5) is 0 Å². The van der Waals surface area contributed by atoms with Crippen molar-refractivity contribution in [2.75, 3.05) is 26.8 Å². The molecule has 1 fully saturated rings. The van der Waals surface area contributed by atoms with Gasteiger partial charge in [0.25, 0.3) is 0 Å². The van der Waals surface area contributed by atoms with Crippen LogP contribution in [0.25, 0.3) is 5.69 Å². The molecule has 1 aromatic carbocycles. The van der Waals surface area contributed by atoms with Crippen molar-refractivity contribution in [2.45, 2.75) is 19.3 Å². The van der Waals surface area contributed by atoms with Gasteiger partial charge in [0.15, 0.2) is 0 Å². The zero-order valence-corrected chi connectivity index (χ0v) is 14.8. The van der Waals surface area contributed by atoms with Gasteiger partial charge in [-0.2, -0.15) is 5.10 Å². The van der Waals surface area contributed by atoms with E-state index in [1.54, 1.807) is 15.8 Å². The van der Waals surface area contributed by atoms with Gasteiger partial charge in [-0.25, -0.2) is 4.68 Å². The van der Waals surface area contributed by atoms with E-state index in [0.717, 1.165) is 11.3 Å². The molecule has 1 atom stereocenters. The molecule has 0 spiro atoms. The first-order valence-electron chi connectivity index (χ1n) is 8.63. The van der Waals surface area contributed by atoms with Gasteiger partial charge in [-0.05, 0) is 36.6 Å². The van der Waals surface area contributed by atoms with E-state index >= 15 is 0 Å². The van der Waals surface area contributed by atoms with Crippen LogP contribution >= 0.6 is 0 Å². The number of methoxy groups -OCH3 is 1. The summed E-state index contributed by atoms with van der Waals surface area (Å²) < 4.78 is 6.87. The van der Waals surface area contributed by atoms with Gasteiger partial charge in [0.2, 0.25) is 5.91 Å². The fraction of sp³-hybridized carbons (Fsp3) is 0.421. The average Bonchev–Trinajstić information content (AvgIpc) is 3.17. The fourth-order valence-electron chi connectivity index (χ4n) is 3.45. The Bertz CT molecular complexity index is 754. The van der Waals surface area contributed by atoms with E-state index in [1.165, 1.54) is 7.11 Å². The van der Waals surface area contributed by atoms with Crippen molar-refractivity contribution >= 4 is 11.9 Å². The van der Waals surface area contributed by atoms with Crippen LogP contribution in [0.3, 0.4) is 0 Å². The lowest BCUT2D eigenvalue weighted by Crippen LogP contribution is -2.52. The topological polar surface area (TPSA) is 84.7 Å². The van der Waals surface area contributed by atoms with Crippen LogP contribution in [0, 0.1) is 5.41 Å². The zero-order chi connectivity index (χ0) is 18.6. The van der Waals surface area contributed by atoms with Gasteiger partial charge in [-0.1, -0.05) is 12.1 Å². The second kappa shape index (κ2) is 7.70. The number of carbonyl (C=O) groups excluding carboxylic acids is 1. The summed E-state index contributed by atoms with van der Waals surface area (Å²) in [6.45, 7) is 0.897. The second-order valence-electron chi connectivity index (χ2n) is 6.73. The standard InChI is InChI=1S/C19H23N3O4/c1-26-14-19(18(24)25)8-2-10-21(13-19)17(23)12-15-4-6-16(7-5-15)22-11-3-9-20-22/h3-7,9,11H,2,8,10,12-14H2,1H3,(H,24,25). The summed E-state index contributed by atoms with van der Waals surface area (Å²) in [7, 11) is 1.49. The van der Waals surface area contributed by atoms with Crippen molar-refractivity contribution in [3.8, 4) is 5.69 Å². The van der Waals surface area contributed by atoms with Crippen LogP contribution in [0.1, 0.15) is 18.4 Å². The summed E-state index contributed by atoms with van der Waals surface area (Å²) >= 11 is 0. The Morgan fingerprint density at radius 3 is 2.69 bits per heavy atom. The molecule has 0 bridgehead atoms. The summed E-state index contributed by atoms with van der Waals surface area (Å²) in [4.78, 5) is 26.0. The number of nitrogens with zero attached hydrogens (tertiary/aromatic N) is 3. The smallest absolute Gasteiger partial charge is 0.313 e. The maximum atomic E-state index is 12.7. The Balaban J connectivity index is 1.66. The highest BCUT2D eigenvalue weighted by Crippen LogP contribution is 2.31. The molecule has 0 aliphatic carbocycles. The highest BCUT2D eigenvalue weighted by Gasteiger charge is 2.43. The number of amides is 1. The Hall–Kier alpha value is -2.67. The summed E-state index contributed by atoms with van der Waals surface area (Å²) in [5, 5.41) is 13.8. The molecule has 1 unspecified atom stereocenters. The Kier molecular flexibility index (Phi) is 5.37. The number of aromatic nitrogens is 2. The summed E-state index contributed by atoms with van der Waals surface area (Å²) in [6, 6.07) is 9.48. The molecule has 1 amide bonds. The van der Waals surface area contributed by atoms with Crippen molar-refractivity contribution in [1.29, 1.82) is 0 Å². The molecule has 138 valence electrons. The molecule has 1 aliphatic rings. The quantitative estimate of drug-likeness (QED) is 0.851. The number of benzene rings is 1. The number of hydrogen-bond acceptors (Lipinski definition) is 4. The van der Waals surface area contributed by atoms with Crippen molar-refractivity contribution in [2.24, 2.45) is 5.41 Å². The van der Waals surface area contributed by atoms with E-state index < -0.39 is 11.4 Å². The highest BCUT2D eigenvalue weighted by molar-refractivity contribution is 5.81. The summed E-state index contributed by atoms with van der Waals surface area (Å²) in [6.07, 6.45) is 5.01. The lowest BCUT2D eigenvalue weighted by Gasteiger charge is -2.39. The van der Waals surface area contributed by atoms with Gasteiger partial charge >= 0.3 is 5.97 Å². The van der Waals surface area contributed by atoms with E-state index in [-0.39, 0.29) is 25.5 Å². The monoisotopic (exact) mass is 357 g/mol. The molecule has 1 aromatic heterocycles. The maximum Gasteiger partial charge on any atom is 0.313 e. The lowest BCUT2D eigenvalue weighted by atomic mass is 9.80. The molecule has 1 aliphatic heterocycles. The maximum absolute atomic E-state index is 12.7. The van der Waals surface area contributed by atoms with Gasteiger partial charge in [0.1, 0.15) is 5.41 Å². The molecule has 3 rings (SSSR count). The molecule has 0 radical (unpaired) electrons. The van der Waals surface area contributed by atoms with E-state index in [0.29, 0.717) is 19.4 Å². The average molecular weight is 357 g/mol. The van der Waals surface area contributed by atoms with E-state index in [2.05, 4.69) is 5.10 Å². The highest BCUT2D eigenvalue weighted by atomic mass is 16.5. The first kappa shape index (κ1) is 18.1. The number of aliphatic carboxylic acids is 1. The van der Waals surface area contributed by atoms with E-state index in [4.69, 9.17) is 4.74 Å². The third-order valence-corrected chi connectivity index (χ3v) is 4.86. The van der Waals surface area contributed by atoms with E-state index in [1.807, 2.05) is 36.5 Å². The fourth-order valence-corrected chi connectivity index (χ4v) is 3.45. The molecule has 26 heavy (non-hydrogen) atoms. The van der Waals surface area contributed by atoms with Gasteiger partial charge < -0.3 is 14.7 Å². The van der Waals surface area contributed by atoms with Crippen molar-refractivity contribution in [3.05, 3.63) is 48.3 Å². The van der Waals surface area contributed by atoms with Crippen molar-refractivity contribution in [1.82, 2.24) is 14.7 Å². The predicted molar refractivity (Wildman–Crippen MR) is 95.0 cm³/mol. The number of rotatable bonds is 6. The molecule has 2 aromatic rings. The minimum Gasteiger partial charge on any atom is -0.481 e. The third kappa shape index (κ3) is 3.77.